The highest BCUT2D eigenvalue weighted by Crippen LogP contribution is 2.07. The van der Waals surface area contributed by atoms with Gasteiger partial charge >= 0.3 is 0 Å². The third kappa shape index (κ3) is 1.47. The molecule has 11 heavy (non-hydrogen) atoms. The topological polar surface area (TPSA) is 64.1 Å². The van der Waals surface area contributed by atoms with Crippen molar-refractivity contribution in [2.24, 2.45) is 5.73 Å². The summed E-state index contributed by atoms with van der Waals surface area (Å²) in [5.74, 6) is 0. The predicted octanol–water partition coefficient (Wildman–Crippen LogP) is -0.0243. The third-order valence-electron chi connectivity index (χ3n) is 1.45. The van der Waals surface area contributed by atoms with Crippen LogP contribution >= 0.6 is 0 Å². The smallest absolute Gasteiger partial charge is 0.0706 e. The van der Waals surface area contributed by atoms with E-state index >= 15 is 0 Å². The Kier molecular flexibility index (Phi) is 2.40. The number of rotatable bonds is 3. The van der Waals surface area contributed by atoms with Gasteiger partial charge in [0.25, 0.3) is 0 Å². The minimum Gasteiger partial charge on any atom is -0.394 e. The maximum absolute atomic E-state index is 8.73. The number of hydrogen-bond acceptors (Lipinski definition) is 3. The summed E-state index contributed by atoms with van der Waals surface area (Å²) < 4.78 is 1.54. The van der Waals surface area contributed by atoms with Crippen LogP contribution < -0.4 is 5.73 Å². The molecule has 0 fully saturated rings. The molecule has 0 saturated carbocycles. The zero-order valence-corrected chi connectivity index (χ0v) is 6.14. The number of nitrogens with zero attached hydrogens (tertiary/aromatic N) is 2. The van der Waals surface area contributed by atoms with Gasteiger partial charge in [0.1, 0.15) is 0 Å². The van der Waals surface area contributed by atoms with Gasteiger partial charge in [0, 0.05) is 12.4 Å². The van der Waals surface area contributed by atoms with Crippen LogP contribution in [-0.4, -0.2) is 21.5 Å². The van der Waals surface area contributed by atoms with Crippen LogP contribution in [0.3, 0.4) is 0 Å². The van der Waals surface area contributed by atoms with E-state index in [0.29, 0.717) is 0 Å². The summed E-state index contributed by atoms with van der Waals surface area (Å²) in [6, 6.07) is 1.37. The molecule has 0 aromatic carbocycles. The molecule has 0 aliphatic heterocycles. The van der Waals surface area contributed by atoms with Crippen molar-refractivity contribution in [3.63, 3.8) is 0 Å². The Morgan fingerprint density at radius 1 is 1.91 bits per heavy atom. The van der Waals surface area contributed by atoms with Crippen molar-refractivity contribution in [3.05, 3.63) is 24.5 Å². The fourth-order valence-corrected chi connectivity index (χ4v) is 0.864. The lowest BCUT2D eigenvalue weighted by molar-refractivity contribution is 0.264. The molecule has 1 heterocycles. The zero-order chi connectivity index (χ0) is 8.27. The van der Waals surface area contributed by atoms with Gasteiger partial charge in [-0.1, -0.05) is 6.58 Å². The lowest BCUT2D eigenvalue weighted by atomic mass is 10.2. The van der Waals surface area contributed by atoms with E-state index in [1.165, 1.54) is 0 Å². The van der Waals surface area contributed by atoms with E-state index in [0.717, 1.165) is 5.69 Å². The SMILES string of the molecule is C=Cn1nccc1C(N)CO. The van der Waals surface area contributed by atoms with Crippen LogP contribution in [-0.2, 0) is 0 Å². The monoisotopic (exact) mass is 153 g/mol. The van der Waals surface area contributed by atoms with Gasteiger partial charge in [0.05, 0.1) is 18.3 Å². The normalized spacial score (nSPS) is 12.9. The van der Waals surface area contributed by atoms with Crippen molar-refractivity contribution in [2.75, 3.05) is 6.61 Å². The van der Waals surface area contributed by atoms with Crippen molar-refractivity contribution in [2.45, 2.75) is 6.04 Å². The molecular formula is C7H11N3O. The minimum absolute atomic E-state index is 0.0838. The number of aromatic nitrogens is 2. The molecule has 0 spiro atoms. The average molecular weight is 153 g/mol. The molecule has 0 amide bonds. The first kappa shape index (κ1) is 7.97. The second-order valence-electron chi connectivity index (χ2n) is 2.17. The summed E-state index contributed by atoms with van der Waals surface area (Å²) >= 11 is 0. The maximum Gasteiger partial charge on any atom is 0.0706 e. The van der Waals surface area contributed by atoms with Crippen LogP contribution in [0.1, 0.15) is 11.7 Å². The van der Waals surface area contributed by atoms with Gasteiger partial charge < -0.3 is 10.8 Å². The van der Waals surface area contributed by atoms with Gasteiger partial charge in [0.2, 0.25) is 0 Å². The van der Waals surface area contributed by atoms with Crippen LogP contribution in [0.5, 0.6) is 0 Å². The summed E-state index contributed by atoms with van der Waals surface area (Å²) in [7, 11) is 0. The van der Waals surface area contributed by atoms with Gasteiger partial charge in [-0.05, 0) is 6.07 Å². The number of nitrogens with two attached hydrogens (primary N) is 1. The fourth-order valence-electron chi connectivity index (χ4n) is 0.864. The van der Waals surface area contributed by atoms with Gasteiger partial charge in [-0.2, -0.15) is 5.10 Å². The highest BCUT2D eigenvalue weighted by Gasteiger charge is 2.07. The Hall–Kier alpha value is -1.13. The lowest BCUT2D eigenvalue weighted by Gasteiger charge is -2.07. The fraction of sp³-hybridized carbons (Fsp3) is 0.286. The molecule has 0 aliphatic carbocycles. The van der Waals surface area contributed by atoms with Crippen molar-refractivity contribution in [1.82, 2.24) is 9.78 Å². The summed E-state index contributed by atoms with van der Waals surface area (Å²) in [6.07, 6.45) is 3.16. The standard InChI is InChI=1S/C7H11N3O/c1-2-10-7(3-4-9-10)6(8)5-11/h2-4,6,11H,1,5,8H2. The molecule has 60 valence electrons. The second kappa shape index (κ2) is 3.32. The summed E-state index contributed by atoms with van der Waals surface area (Å²) in [5, 5.41) is 12.6. The Morgan fingerprint density at radius 3 is 3.18 bits per heavy atom. The van der Waals surface area contributed by atoms with E-state index in [1.54, 1.807) is 23.1 Å². The van der Waals surface area contributed by atoms with E-state index in [1.807, 2.05) is 0 Å². The van der Waals surface area contributed by atoms with Crippen LogP contribution in [0.25, 0.3) is 6.20 Å². The Labute approximate surface area is 64.9 Å². The molecule has 1 aromatic heterocycles. The van der Waals surface area contributed by atoms with Gasteiger partial charge in [-0.25, -0.2) is 4.68 Å². The first-order valence-corrected chi connectivity index (χ1v) is 3.32. The van der Waals surface area contributed by atoms with Crippen molar-refractivity contribution in [1.29, 1.82) is 0 Å². The van der Waals surface area contributed by atoms with E-state index in [4.69, 9.17) is 10.8 Å². The molecular weight excluding hydrogens is 142 g/mol. The van der Waals surface area contributed by atoms with Crippen LogP contribution in [0.15, 0.2) is 18.8 Å². The number of aliphatic hydroxyl groups is 1. The molecule has 0 bridgehead atoms. The van der Waals surface area contributed by atoms with Crippen LogP contribution in [0.2, 0.25) is 0 Å². The molecule has 1 aromatic rings. The van der Waals surface area contributed by atoms with Gasteiger partial charge in [-0.15, -0.1) is 0 Å². The minimum atomic E-state index is -0.379. The van der Waals surface area contributed by atoms with Crippen molar-refractivity contribution >= 4 is 6.20 Å². The molecule has 0 saturated heterocycles. The summed E-state index contributed by atoms with van der Waals surface area (Å²) in [6.45, 7) is 3.46. The van der Waals surface area contributed by atoms with E-state index < -0.39 is 0 Å². The van der Waals surface area contributed by atoms with Crippen LogP contribution in [0.4, 0.5) is 0 Å². The number of aliphatic hydroxyl groups excluding tert-OH is 1. The van der Waals surface area contributed by atoms with E-state index in [-0.39, 0.29) is 12.6 Å². The average Bonchev–Trinajstić information content (AvgIpc) is 2.50. The zero-order valence-electron chi connectivity index (χ0n) is 6.14. The maximum atomic E-state index is 8.73. The Balaban J connectivity index is 2.92. The summed E-state index contributed by atoms with van der Waals surface area (Å²) in [5.41, 5.74) is 6.32. The first-order chi connectivity index (χ1) is 5.29. The highest BCUT2D eigenvalue weighted by atomic mass is 16.3. The largest absolute Gasteiger partial charge is 0.394 e. The quantitative estimate of drug-likeness (QED) is 0.641. The lowest BCUT2D eigenvalue weighted by Crippen LogP contribution is -2.17. The Morgan fingerprint density at radius 2 is 2.64 bits per heavy atom. The molecule has 0 radical (unpaired) electrons. The molecule has 1 unspecified atom stereocenters. The van der Waals surface area contributed by atoms with Gasteiger partial charge in [-0.3, -0.25) is 0 Å². The molecule has 1 rings (SSSR count). The molecule has 3 N–H and O–H groups in total. The predicted molar refractivity (Wildman–Crippen MR) is 42.6 cm³/mol. The summed E-state index contributed by atoms with van der Waals surface area (Å²) in [4.78, 5) is 0. The molecule has 4 nitrogen and oxygen atoms in total. The molecule has 1 atom stereocenters. The molecule has 4 heteroatoms. The van der Waals surface area contributed by atoms with Crippen LogP contribution in [0, 0.1) is 0 Å². The molecule has 0 aliphatic rings. The Bertz CT molecular complexity index is 244. The van der Waals surface area contributed by atoms with E-state index in [9.17, 15) is 0 Å². The van der Waals surface area contributed by atoms with Crippen molar-refractivity contribution in [3.8, 4) is 0 Å². The van der Waals surface area contributed by atoms with Gasteiger partial charge in [0.15, 0.2) is 0 Å². The second-order valence-corrected chi connectivity index (χ2v) is 2.17. The van der Waals surface area contributed by atoms with Crippen molar-refractivity contribution < 1.29 is 5.11 Å². The first-order valence-electron chi connectivity index (χ1n) is 3.32. The van der Waals surface area contributed by atoms with E-state index in [2.05, 4.69) is 11.7 Å². The highest BCUT2D eigenvalue weighted by molar-refractivity contribution is 5.21. The number of hydrogen-bond donors (Lipinski definition) is 2. The third-order valence-corrected chi connectivity index (χ3v) is 1.45.